The van der Waals surface area contributed by atoms with Gasteiger partial charge in [0, 0.05) is 31.4 Å². The number of ether oxygens (including phenoxy) is 2. The molecule has 146 valence electrons. The molecule has 1 unspecified atom stereocenters. The first-order chi connectivity index (χ1) is 13.5. The minimum absolute atomic E-state index is 0.163. The number of carbonyl (C=O) groups excluding carboxylic acids is 1. The highest BCUT2D eigenvalue weighted by Crippen LogP contribution is 2.43. The van der Waals surface area contributed by atoms with Gasteiger partial charge in [-0.1, -0.05) is 31.2 Å². The number of nitrogens with zero attached hydrogens (tertiary/aromatic N) is 2. The lowest BCUT2D eigenvalue weighted by Crippen LogP contribution is -2.27. The lowest BCUT2D eigenvalue weighted by atomic mass is 9.89. The molecule has 0 spiro atoms. The van der Waals surface area contributed by atoms with Crippen molar-refractivity contribution >= 4 is 11.7 Å². The van der Waals surface area contributed by atoms with E-state index in [1.54, 1.807) is 19.1 Å². The molecule has 0 bridgehead atoms. The number of aromatic nitrogens is 1. The summed E-state index contributed by atoms with van der Waals surface area (Å²) in [7, 11) is 3.42. The predicted octanol–water partition coefficient (Wildman–Crippen LogP) is 4.81. The maximum absolute atomic E-state index is 11.9. The van der Waals surface area contributed by atoms with Gasteiger partial charge in [-0.3, -0.25) is 4.98 Å². The fourth-order valence-corrected chi connectivity index (χ4v) is 3.72. The molecule has 1 amide bonds. The highest BCUT2D eigenvalue weighted by Gasteiger charge is 2.27. The smallest absolute Gasteiger partial charge is 0.414 e. The van der Waals surface area contributed by atoms with Crippen molar-refractivity contribution in [1.29, 1.82) is 0 Å². The van der Waals surface area contributed by atoms with E-state index in [0.29, 0.717) is 6.54 Å². The van der Waals surface area contributed by atoms with Gasteiger partial charge >= 0.3 is 6.09 Å². The number of rotatable bonds is 7. The number of methoxy groups -OCH3 is 1. The zero-order valence-electron chi connectivity index (χ0n) is 16.6. The summed E-state index contributed by atoms with van der Waals surface area (Å²) in [4.78, 5) is 18.0. The highest BCUT2D eigenvalue weighted by molar-refractivity contribution is 5.81. The van der Waals surface area contributed by atoms with Crippen molar-refractivity contribution in [2.24, 2.45) is 0 Å². The van der Waals surface area contributed by atoms with Crippen molar-refractivity contribution in [3.05, 3.63) is 77.8 Å². The number of hydrogen-bond donors (Lipinski definition) is 0. The van der Waals surface area contributed by atoms with Crippen molar-refractivity contribution in [3.8, 4) is 5.75 Å². The van der Waals surface area contributed by atoms with Gasteiger partial charge in [-0.2, -0.15) is 0 Å². The van der Waals surface area contributed by atoms with Gasteiger partial charge in [0.25, 0.3) is 0 Å². The van der Waals surface area contributed by atoms with E-state index >= 15 is 0 Å². The molecule has 0 aliphatic heterocycles. The summed E-state index contributed by atoms with van der Waals surface area (Å²) in [6.07, 6.45) is 4.21. The molecule has 28 heavy (non-hydrogen) atoms. The van der Waals surface area contributed by atoms with E-state index in [1.165, 1.54) is 22.3 Å². The molecule has 2 aromatic rings. The van der Waals surface area contributed by atoms with E-state index < -0.39 is 6.09 Å². The van der Waals surface area contributed by atoms with E-state index in [0.717, 1.165) is 30.5 Å². The van der Waals surface area contributed by atoms with Crippen LogP contribution in [0.4, 0.5) is 4.79 Å². The summed E-state index contributed by atoms with van der Waals surface area (Å²) >= 11 is 0. The van der Waals surface area contributed by atoms with Gasteiger partial charge in [0.05, 0.1) is 13.4 Å². The lowest BCUT2D eigenvalue weighted by molar-refractivity contribution is 0.148. The maximum Gasteiger partial charge on any atom is 0.414 e. The van der Waals surface area contributed by atoms with Gasteiger partial charge in [-0.25, -0.2) is 4.79 Å². The number of amides is 1. The molecule has 0 saturated carbocycles. The van der Waals surface area contributed by atoms with Crippen LogP contribution in [0.25, 0.3) is 5.57 Å². The highest BCUT2D eigenvalue weighted by atomic mass is 16.5. The number of fused-ring (bicyclic) bond motifs is 1. The summed E-state index contributed by atoms with van der Waals surface area (Å²) < 4.78 is 10.3. The SMILES string of the molecule is C=COC(=O)N(C)CCC1=C(C(C)c2ccccn2)c2ccc(OC)cc2C1. The van der Waals surface area contributed by atoms with Crippen LogP contribution in [0, 0.1) is 0 Å². The molecule has 0 N–H and O–H groups in total. The Morgan fingerprint density at radius 3 is 2.86 bits per heavy atom. The molecule has 3 rings (SSSR count). The van der Waals surface area contributed by atoms with Crippen LogP contribution in [0.2, 0.25) is 0 Å². The van der Waals surface area contributed by atoms with E-state index in [9.17, 15) is 4.79 Å². The zero-order valence-corrected chi connectivity index (χ0v) is 16.6. The zero-order chi connectivity index (χ0) is 20.1. The quantitative estimate of drug-likeness (QED) is 0.649. The van der Waals surface area contributed by atoms with Gasteiger partial charge in [-0.05, 0) is 53.8 Å². The number of benzene rings is 1. The van der Waals surface area contributed by atoms with Crippen molar-refractivity contribution < 1.29 is 14.3 Å². The first kappa shape index (κ1) is 19.7. The third-order valence-electron chi connectivity index (χ3n) is 5.20. The Morgan fingerprint density at radius 1 is 1.36 bits per heavy atom. The fraction of sp³-hybridized carbons (Fsp3) is 0.304. The second kappa shape index (κ2) is 8.74. The second-order valence-corrected chi connectivity index (χ2v) is 6.92. The van der Waals surface area contributed by atoms with E-state index in [4.69, 9.17) is 9.47 Å². The van der Waals surface area contributed by atoms with Gasteiger partial charge < -0.3 is 14.4 Å². The molecule has 5 heteroatoms. The number of hydrogen-bond acceptors (Lipinski definition) is 4. The molecule has 1 heterocycles. The molecule has 0 fully saturated rings. The van der Waals surface area contributed by atoms with Crippen LogP contribution in [0.15, 0.2) is 61.0 Å². The van der Waals surface area contributed by atoms with Crippen molar-refractivity contribution in [2.75, 3.05) is 20.7 Å². The molecule has 1 atom stereocenters. The molecule has 0 saturated heterocycles. The Labute approximate surface area is 166 Å². The van der Waals surface area contributed by atoms with E-state index in [2.05, 4.69) is 36.7 Å². The Morgan fingerprint density at radius 2 is 2.18 bits per heavy atom. The third-order valence-corrected chi connectivity index (χ3v) is 5.20. The van der Waals surface area contributed by atoms with Crippen LogP contribution < -0.4 is 4.74 Å². The Bertz CT molecular complexity index is 890. The minimum atomic E-state index is -0.396. The summed E-state index contributed by atoms with van der Waals surface area (Å²) in [6, 6.07) is 12.2. The van der Waals surface area contributed by atoms with Crippen molar-refractivity contribution in [3.63, 3.8) is 0 Å². The molecular formula is C23H26N2O3. The topological polar surface area (TPSA) is 51.7 Å². The second-order valence-electron chi connectivity index (χ2n) is 6.92. The van der Waals surface area contributed by atoms with Crippen LogP contribution >= 0.6 is 0 Å². The van der Waals surface area contributed by atoms with Gasteiger partial charge in [0.2, 0.25) is 0 Å². The molecule has 5 nitrogen and oxygen atoms in total. The third kappa shape index (κ3) is 4.09. The van der Waals surface area contributed by atoms with E-state index in [-0.39, 0.29) is 5.92 Å². The molecular weight excluding hydrogens is 352 g/mol. The lowest BCUT2D eigenvalue weighted by Gasteiger charge is -2.19. The molecule has 1 aromatic carbocycles. The summed E-state index contributed by atoms with van der Waals surface area (Å²) in [5.41, 5.74) is 6.15. The standard InChI is InChI=1S/C23H26N2O3/c1-5-28-23(26)25(3)13-11-17-14-18-15-19(27-4)9-10-20(18)22(17)16(2)21-8-6-7-12-24-21/h5-10,12,15-16H,1,11,13-14H2,2-4H3. The molecule has 1 aliphatic carbocycles. The Kier molecular flexibility index (Phi) is 6.14. The largest absolute Gasteiger partial charge is 0.497 e. The first-order valence-electron chi connectivity index (χ1n) is 9.38. The molecule has 1 aliphatic rings. The van der Waals surface area contributed by atoms with Gasteiger partial charge in [0.1, 0.15) is 5.75 Å². The normalized spacial score (nSPS) is 13.7. The van der Waals surface area contributed by atoms with Crippen LogP contribution in [0.5, 0.6) is 5.75 Å². The number of allylic oxidation sites excluding steroid dienone is 1. The van der Waals surface area contributed by atoms with Crippen LogP contribution in [0.1, 0.15) is 36.1 Å². The van der Waals surface area contributed by atoms with Crippen LogP contribution in [-0.4, -0.2) is 36.7 Å². The molecule has 1 aromatic heterocycles. The number of pyridine rings is 1. The monoisotopic (exact) mass is 378 g/mol. The first-order valence-corrected chi connectivity index (χ1v) is 9.38. The summed E-state index contributed by atoms with van der Waals surface area (Å²) in [5.74, 6) is 1.02. The average molecular weight is 378 g/mol. The Balaban J connectivity index is 1.91. The van der Waals surface area contributed by atoms with E-state index in [1.807, 2.05) is 24.4 Å². The fourth-order valence-electron chi connectivity index (χ4n) is 3.72. The van der Waals surface area contributed by atoms with Crippen LogP contribution in [-0.2, 0) is 11.2 Å². The van der Waals surface area contributed by atoms with Crippen molar-refractivity contribution in [2.45, 2.75) is 25.7 Å². The average Bonchev–Trinajstić information content (AvgIpc) is 3.09. The number of carbonyl (C=O) groups is 1. The van der Waals surface area contributed by atoms with Crippen LogP contribution in [0.3, 0.4) is 0 Å². The summed E-state index contributed by atoms with van der Waals surface area (Å²) in [5, 5.41) is 0. The Hall–Kier alpha value is -3.08. The summed E-state index contributed by atoms with van der Waals surface area (Å²) in [6.45, 7) is 6.20. The predicted molar refractivity (Wildman–Crippen MR) is 110 cm³/mol. The maximum atomic E-state index is 11.9. The molecule has 0 radical (unpaired) electrons. The van der Waals surface area contributed by atoms with Crippen molar-refractivity contribution in [1.82, 2.24) is 9.88 Å². The van der Waals surface area contributed by atoms with Gasteiger partial charge in [0.15, 0.2) is 0 Å². The minimum Gasteiger partial charge on any atom is -0.497 e. The van der Waals surface area contributed by atoms with Gasteiger partial charge in [-0.15, -0.1) is 0 Å².